The predicted octanol–water partition coefficient (Wildman–Crippen LogP) is 3.50. The van der Waals surface area contributed by atoms with Crippen molar-refractivity contribution in [2.75, 3.05) is 17.7 Å². The number of carbonyl (C=O) groups excluding carboxylic acids is 1. The summed E-state index contributed by atoms with van der Waals surface area (Å²) >= 11 is 6.60. The van der Waals surface area contributed by atoms with E-state index >= 15 is 0 Å². The van der Waals surface area contributed by atoms with Gasteiger partial charge in [-0.2, -0.15) is 13.2 Å². The Morgan fingerprint density at radius 2 is 2.00 bits per heavy atom. The van der Waals surface area contributed by atoms with Crippen molar-refractivity contribution in [2.45, 2.75) is 6.18 Å². The average molecular weight is 337 g/mol. The van der Waals surface area contributed by atoms with Crippen LogP contribution in [0.25, 0.3) is 0 Å². The molecule has 0 aliphatic rings. The van der Waals surface area contributed by atoms with Gasteiger partial charge in [-0.15, -0.1) is 10.2 Å². The fraction of sp³-hybridized carbons (Fsp3) is 0.182. The van der Waals surface area contributed by atoms with Crippen molar-refractivity contribution in [2.24, 2.45) is 0 Å². The van der Waals surface area contributed by atoms with Crippen LogP contribution in [0.5, 0.6) is 0 Å². The molecule has 0 atom stereocenters. The lowest BCUT2D eigenvalue weighted by Crippen LogP contribution is -2.13. The smallest absolute Gasteiger partial charge is 0.363 e. The van der Waals surface area contributed by atoms with E-state index in [1.54, 1.807) is 7.05 Å². The first kappa shape index (κ1) is 15.5. The van der Waals surface area contributed by atoms with Crippen LogP contribution in [0.3, 0.4) is 0 Å². The third kappa shape index (κ3) is 3.82. The van der Waals surface area contributed by atoms with Crippen molar-refractivity contribution in [3.05, 3.63) is 33.8 Å². The maximum atomic E-state index is 12.7. The van der Waals surface area contributed by atoms with Crippen LogP contribution >= 0.6 is 22.9 Å². The number of aromatic nitrogens is 2. The maximum Gasteiger partial charge on any atom is 0.416 e. The second-order valence-corrected chi connectivity index (χ2v) is 5.26. The van der Waals surface area contributed by atoms with Gasteiger partial charge in [0.25, 0.3) is 5.91 Å². The number of carbonyl (C=O) groups is 1. The molecule has 1 amide bonds. The summed E-state index contributed by atoms with van der Waals surface area (Å²) in [7, 11) is 1.61. The van der Waals surface area contributed by atoms with Gasteiger partial charge in [0.05, 0.1) is 5.56 Å². The molecule has 0 spiro atoms. The van der Waals surface area contributed by atoms with Crippen LogP contribution in [0.4, 0.5) is 24.0 Å². The Hall–Kier alpha value is -1.87. The second-order valence-electron chi connectivity index (χ2n) is 3.84. The third-order valence-corrected chi connectivity index (χ3v) is 3.47. The molecular formula is C11H8ClF3N4OS. The first-order chi connectivity index (χ1) is 9.79. The Balaban J connectivity index is 2.23. The van der Waals surface area contributed by atoms with E-state index in [0.29, 0.717) is 5.13 Å². The molecule has 0 unspecified atom stereocenters. The molecule has 0 saturated heterocycles. The summed E-state index contributed by atoms with van der Waals surface area (Å²) in [5.74, 6) is -0.663. The Labute approximate surface area is 126 Å². The lowest BCUT2D eigenvalue weighted by Gasteiger charge is -2.10. The highest BCUT2D eigenvalue weighted by Gasteiger charge is 2.31. The number of hydrogen-bond acceptors (Lipinski definition) is 5. The van der Waals surface area contributed by atoms with E-state index in [1.165, 1.54) is 6.07 Å². The van der Waals surface area contributed by atoms with Crippen LogP contribution < -0.4 is 10.6 Å². The molecule has 2 rings (SSSR count). The number of halogens is 4. The van der Waals surface area contributed by atoms with Crippen molar-refractivity contribution in [3.8, 4) is 0 Å². The molecule has 1 aromatic carbocycles. The number of hydrogen-bond donors (Lipinski definition) is 2. The van der Waals surface area contributed by atoms with Gasteiger partial charge in [-0.05, 0) is 18.2 Å². The summed E-state index contributed by atoms with van der Waals surface area (Å²) < 4.78 is 38.0. The molecule has 0 radical (unpaired) electrons. The Bertz CT molecular complexity index is 674. The monoisotopic (exact) mass is 336 g/mol. The average Bonchev–Trinajstić information content (AvgIpc) is 2.85. The molecule has 1 aromatic heterocycles. The largest absolute Gasteiger partial charge is 0.416 e. The molecule has 0 fully saturated rings. The van der Waals surface area contributed by atoms with Gasteiger partial charge in [0, 0.05) is 17.8 Å². The molecule has 10 heteroatoms. The van der Waals surface area contributed by atoms with Crippen molar-refractivity contribution < 1.29 is 18.0 Å². The molecule has 2 N–H and O–H groups in total. The van der Waals surface area contributed by atoms with Crippen molar-refractivity contribution in [1.29, 1.82) is 0 Å². The number of alkyl halides is 3. The zero-order valence-electron chi connectivity index (χ0n) is 10.5. The molecule has 0 aliphatic carbocycles. The van der Waals surface area contributed by atoms with E-state index in [1.807, 2.05) is 0 Å². The van der Waals surface area contributed by atoms with Gasteiger partial charge in [0.15, 0.2) is 0 Å². The summed E-state index contributed by atoms with van der Waals surface area (Å²) in [4.78, 5) is 11.9. The Morgan fingerprint density at radius 3 is 2.57 bits per heavy atom. The number of anilines is 2. The minimum Gasteiger partial charge on any atom is -0.363 e. The van der Waals surface area contributed by atoms with E-state index in [-0.39, 0.29) is 15.7 Å². The fourth-order valence-corrected chi connectivity index (χ4v) is 2.25. The number of nitrogens with zero attached hydrogens (tertiary/aromatic N) is 2. The normalized spacial score (nSPS) is 11.3. The van der Waals surface area contributed by atoms with Gasteiger partial charge in [-0.25, -0.2) is 0 Å². The fourth-order valence-electron chi connectivity index (χ4n) is 1.43. The zero-order chi connectivity index (χ0) is 15.6. The summed E-state index contributed by atoms with van der Waals surface area (Å²) in [6.45, 7) is 0. The van der Waals surface area contributed by atoms with Crippen LogP contribution in [0.15, 0.2) is 18.2 Å². The van der Waals surface area contributed by atoms with Crippen molar-refractivity contribution in [3.63, 3.8) is 0 Å². The first-order valence-electron chi connectivity index (χ1n) is 5.50. The van der Waals surface area contributed by atoms with Gasteiger partial charge >= 0.3 is 6.18 Å². The van der Waals surface area contributed by atoms with Crippen LogP contribution in [0, 0.1) is 0 Å². The molecule has 2 aromatic rings. The van der Waals surface area contributed by atoms with Gasteiger partial charge in [-0.3, -0.25) is 4.79 Å². The lowest BCUT2D eigenvalue weighted by molar-refractivity contribution is -0.137. The van der Waals surface area contributed by atoms with E-state index in [9.17, 15) is 18.0 Å². The second kappa shape index (κ2) is 5.86. The number of amides is 1. The molecule has 0 saturated carbocycles. The van der Waals surface area contributed by atoms with E-state index in [4.69, 9.17) is 11.6 Å². The summed E-state index contributed by atoms with van der Waals surface area (Å²) in [5, 5.41) is 12.6. The molecular weight excluding hydrogens is 329 g/mol. The highest BCUT2D eigenvalue weighted by molar-refractivity contribution is 7.17. The maximum absolute atomic E-state index is 12.7. The summed E-state index contributed by atoms with van der Waals surface area (Å²) in [5.41, 5.74) is -1.01. The van der Waals surface area contributed by atoms with Crippen LogP contribution in [0.1, 0.15) is 15.4 Å². The molecule has 21 heavy (non-hydrogen) atoms. The van der Waals surface area contributed by atoms with E-state index in [0.717, 1.165) is 23.5 Å². The quantitative estimate of drug-likeness (QED) is 0.900. The Kier molecular flexibility index (Phi) is 4.33. The van der Waals surface area contributed by atoms with E-state index < -0.39 is 17.6 Å². The first-order valence-corrected chi connectivity index (χ1v) is 6.69. The highest BCUT2D eigenvalue weighted by Crippen LogP contribution is 2.33. The van der Waals surface area contributed by atoms with E-state index in [2.05, 4.69) is 20.8 Å². The standard InChI is InChI=1S/C11H8ClF3N4OS/c1-16-10-19-18-9(21-10)8(20)17-7-3-5(11(13,14)15)2-6(12)4-7/h2-4H,1H3,(H,16,19)(H,17,20). The summed E-state index contributed by atoms with van der Waals surface area (Å²) in [6.07, 6.45) is -4.55. The number of nitrogens with one attached hydrogen (secondary N) is 2. The zero-order valence-corrected chi connectivity index (χ0v) is 12.0. The van der Waals surface area contributed by atoms with Crippen molar-refractivity contribution in [1.82, 2.24) is 10.2 Å². The molecule has 112 valence electrons. The van der Waals surface area contributed by atoms with Gasteiger partial charge in [0.2, 0.25) is 10.1 Å². The topological polar surface area (TPSA) is 66.9 Å². The highest BCUT2D eigenvalue weighted by atomic mass is 35.5. The van der Waals surface area contributed by atoms with Gasteiger partial charge in [0.1, 0.15) is 0 Å². The van der Waals surface area contributed by atoms with Crippen LogP contribution in [0.2, 0.25) is 5.02 Å². The SMILES string of the molecule is CNc1nnc(C(=O)Nc2cc(Cl)cc(C(F)(F)F)c2)s1. The number of rotatable bonds is 3. The molecule has 1 heterocycles. The Morgan fingerprint density at radius 1 is 1.29 bits per heavy atom. The summed E-state index contributed by atoms with van der Waals surface area (Å²) in [6, 6.07) is 2.79. The van der Waals surface area contributed by atoms with Gasteiger partial charge < -0.3 is 10.6 Å². The van der Waals surface area contributed by atoms with Crippen molar-refractivity contribution >= 4 is 39.7 Å². The minimum absolute atomic E-state index is 0.0212. The number of benzene rings is 1. The molecule has 0 bridgehead atoms. The minimum atomic E-state index is -4.55. The lowest BCUT2D eigenvalue weighted by atomic mass is 10.2. The predicted molar refractivity (Wildman–Crippen MR) is 73.9 cm³/mol. The van der Waals surface area contributed by atoms with Crippen LogP contribution in [-0.2, 0) is 6.18 Å². The third-order valence-electron chi connectivity index (χ3n) is 2.32. The van der Waals surface area contributed by atoms with Gasteiger partial charge in [-0.1, -0.05) is 22.9 Å². The molecule has 5 nitrogen and oxygen atoms in total. The molecule has 0 aliphatic heterocycles. The van der Waals surface area contributed by atoms with Crippen LogP contribution in [-0.4, -0.2) is 23.2 Å².